The number of carbonyl (C=O) groups is 1. The fraction of sp³-hybridized carbons (Fsp3) is 0.316. The van der Waals surface area contributed by atoms with Crippen molar-refractivity contribution in [3.05, 3.63) is 58.7 Å². The summed E-state index contributed by atoms with van der Waals surface area (Å²) in [7, 11) is 0. The number of ether oxygens (including phenoxy) is 2. The maximum Gasteiger partial charge on any atom is 0.231 e. The van der Waals surface area contributed by atoms with Gasteiger partial charge in [-0.15, -0.1) is 0 Å². The Balaban J connectivity index is 1.48. The molecule has 1 aliphatic heterocycles. The molecule has 1 amide bonds. The number of aryl methyl sites for hydroxylation is 2. The Morgan fingerprint density at radius 2 is 1.78 bits per heavy atom. The first-order valence-corrected chi connectivity index (χ1v) is 7.83. The average molecular weight is 311 g/mol. The molecule has 1 aliphatic rings. The zero-order valence-electron chi connectivity index (χ0n) is 13.5. The first kappa shape index (κ1) is 15.4. The van der Waals surface area contributed by atoms with Crippen LogP contribution in [0, 0.1) is 13.8 Å². The molecule has 0 radical (unpaired) electrons. The average Bonchev–Trinajstić information content (AvgIpc) is 2.98. The third kappa shape index (κ3) is 3.83. The number of nitrogens with one attached hydrogen (secondary N) is 1. The van der Waals surface area contributed by atoms with Gasteiger partial charge in [0.1, 0.15) is 0 Å². The normalized spacial score (nSPS) is 12.3. The summed E-state index contributed by atoms with van der Waals surface area (Å²) >= 11 is 0. The monoisotopic (exact) mass is 311 g/mol. The molecule has 0 atom stereocenters. The summed E-state index contributed by atoms with van der Waals surface area (Å²) in [5, 5.41) is 2.97. The van der Waals surface area contributed by atoms with Gasteiger partial charge in [0.15, 0.2) is 11.5 Å². The number of hydrogen-bond acceptors (Lipinski definition) is 3. The molecule has 23 heavy (non-hydrogen) atoms. The molecule has 0 aromatic heterocycles. The molecule has 1 N–H and O–H groups in total. The molecule has 0 aliphatic carbocycles. The van der Waals surface area contributed by atoms with Crippen molar-refractivity contribution in [2.24, 2.45) is 0 Å². The van der Waals surface area contributed by atoms with Crippen LogP contribution in [-0.4, -0.2) is 19.2 Å². The van der Waals surface area contributed by atoms with Gasteiger partial charge in [-0.3, -0.25) is 4.79 Å². The van der Waals surface area contributed by atoms with Crippen LogP contribution in [0.15, 0.2) is 36.4 Å². The molecule has 2 aromatic rings. The van der Waals surface area contributed by atoms with Crippen LogP contribution in [0.25, 0.3) is 0 Å². The van der Waals surface area contributed by atoms with Gasteiger partial charge in [0.2, 0.25) is 12.7 Å². The van der Waals surface area contributed by atoms with Crippen molar-refractivity contribution >= 4 is 5.91 Å². The fourth-order valence-electron chi connectivity index (χ4n) is 2.60. The van der Waals surface area contributed by atoms with E-state index in [2.05, 4.69) is 31.3 Å². The minimum absolute atomic E-state index is 0.0500. The summed E-state index contributed by atoms with van der Waals surface area (Å²) in [4.78, 5) is 12.0. The second-order valence-corrected chi connectivity index (χ2v) is 5.88. The Morgan fingerprint density at radius 3 is 2.61 bits per heavy atom. The third-order valence-corrected chi connectivity index (χ3v) is 4.11. The van der Waals surface area contributed by atoms with E-state index in [0.29, 0.717) is 13.0 Å². The highest BCUT2D eigenvalue weighted by molar-refractivity contribution is 5.78. The standard InChI is InChI=1S/C19H21NO3/c1-13-3-4-16(9-14(13)2)11-19(21)20-8-7-15-5-6-17-18(10-15)23-12-22-17/h3-6,9-10H,7-8,11-12H2,1-2H3,(H,20,21). The summed E-state index contributed by atoms with van der Waals surface area (Å²) < 4.78 is 10.6. The fourth-order valence-corrected chi connectivity index (χ4v) is 2.60. The quantitative estimate of drug-likeness (QED) is 0.923. The highest BCUT2D eigenvalue weighted by atomic mass is 16.7. The van der Waals surface area contributed by atoms with Gasteiger partial charge in [-0.05, 0) is 54.7 Å². The van der Waals surface area contributed by atoms with Crippen LogP contribution in [0.4, 0.5) is 0 Å². The largest absolute Gasteiger partial charge is 0.454 e. The Morgan fingerprint density at radius 1 is 1.00 bits per heavy atom. The molecule has 4 heteroatoms. The van der Waals surface area contributed by atoms with E-state index in [-0.39, 0.29) is 12.7 Å². The molecule has 0 saturated heterocycles. The molecule has 2 aromatic carbocycles. The Kier molecular flexibility index (Phi) is 4.51. The maximum absolute atomic E-state index is 12.0. The molecule has 0 spiro atoms. The van der Waals surface area contributed by atoms with Gasteiger partial charge in [-0.1, -0.05) is 24.3 Å². The van der Waals surface area contributed by atoms with E-state index in [1.807, 2.05) is 24.3 Å². The van der Waals surface area contributed by atoms with Crippen molar-refractivity contribution in [3.8, 4) is 11.5 Å². The van der Waals surface area contributed by atoms with Crippen molar-refractivity contribution in [2.45, 2.75) is 26.7 Å². The maximum atomic E-state index is 12.0. The first-order valence-electron chi connectivity index (χ1n) is 7.83. The van der Waals surface area contributed by atoms with E-state index in [1.165, 1.54) is 11.1 Å². The first-order chi connectivity index (χ1) is 11.1. The smallest absolute Gasteiger partial charge is 0.231 e. The predicted octanol–water partition coefficient (Wildman–Crippen LogP) is 2.93. The van der Waals surface area contributed by atoms with Gasteiger partial charge in [-0.25, -0.2) is 0 Å². The Hall–Kier alpha value is -2.49. The van der Waals surface area contributed by atoms with Gasteiger partial charge in [0.05, 0.1) is 6.42 Å². The number of amides is 1. The molecular weight excluding hydrogens is 290 g/mol. The van der Waals surface area contributed by atoms with Crippen LogP contribution >= 0.6 is 0 Å². The molecule has 0 unspecified atom stereocenters. The summed E-state index contributed by atoms with van der Waals surface area (Å²) in [6.07, 6.45) is 1.19. The topological polar surface area (TPSA) is 47.6 Å². The van der Waals surface area contributed by atoms with E-state index in [4.69, 9.17) is 9.47 Å². The number of hydrogen-bond donors (Lipinski definition) is 1. The Labute approximate surface area is 136 Å². The van der Waals surface area contributed by atoms with E-state index < -0.39 is 0 Å². The lowest BCUT2D eigenvalue weighted by Gasteiger charge is -2.08. The lowest BCUT2D eigenvalue weighted by molar-refractivity contribution is -0.120. The van der Waals surface area contributed by atoms with Gasteiger partial charge in [0.25, 0.3) is 0 Å². The SMILES string of the molecule is Cc1ccc(CC(=O)NCCc2ccc3c(c2)OCO3)cc1C. The Bertz CT molecular complexity index is 725. The summed E-state index contributed by atoms with van der Waals surface area (Å²) in [6.45, 7) is 5.04. The molecule has 0 fully saturated rings. The van der Waals surface area contributed by atoms with E-state index >= 15 is 0 Å². The second kappa shape index (κ2) is 6.73. The number of fused-ring (bicyclic) bond motifs is 1. The lowest BCUT2D eigenvalue weighted by atomic mass is 10.0. The van der Waals surface area contributed by atoms with Crippen LogP contribution in [0.2, 0.25) is 0 Å². The minimum Gasteiger partial charge on any atom is -0.454 e. The second-order valence-electron chi connectivity index (χ2n) is 5.88. The van der Waals surface area contributed by atoms with Gasteiger partial charge >= 0.3 is 0 Å². The van der Waals surface area contributed by atoms with E-state index in [1.54, 1.807) is 0 Å². The molecule has 3 rings (SSSR count). The van der Waals surface area contributed by atoms with E-state index in [0.717, 1.165) is 29.0 Å². The number of carbonyl (C=O) groups excluding carboxylic acids is 1. The van der Waals surface area contributed by atoms with Crippen molar-refractivity contribution in [3.63, 3.8) is 0 Å². The number of benzene rings is 2. The molecule has 0 bridgehead atoms. The van der Waals surface area contributed by atoms with Gasteiger partial charge < -0.3 is 14.8 Å². The van der Waals surface area contributed by atoms with Gasteiger partial charge in [0, 0.05) is 6.54 Å². The van der Waals surface area contributed by atoms with Crippen LogP contribution in [-0.2, 0) is 17.6 Å². The van der Waals surface area contributed by atoms with Crippen LogP contribution < -0.4 is 14.8 Å². The van der Waals surface area contributed by atoms with Crippen LogP contribution in [0.1, 0.15) is 22.3 Å². The van der Waals surface area contributed by atoms with E-state index in [9.17, 15) is 4.79 Å². The lowest BCUT2D eigenvalue weighted by Crippen LogP contribution is -2.27. The van der Waals surface area contributed by atoms with Crippen molar-refractivity contribution < 1.29 is 14.3 Å². The van der Waals surface area contributed by atoms with Crippen molar-refractivity contribution in [1.82, 2.24) is 5.32 Å². The highest BCUT2D eigenvalue weighted by Gasteiger charge is 2.13. The predicted molar refractivity (Wildman–Crippen MR) is 88.9 cm³/mol. The highest BCUT2D eigenvalue weighted by Crippen LogP contribution is 2.32. The summed E-state index contributed by atoms with van der Waals surface area (Å²) in [6, 6.07) is 12.0. The van der Waals surface area contributed by atoms with Crippen molar-refractivity contribution in [1.29, 1.82) is 0 Å². The molecule has 4 nitrogen and oxygen atoms in total. The van der Waals surface area contributed by atoms with Crippen LogP contribution in [0.3, 0.4) is 0 Å². The van der Waals surface area contributed by atoms with Crippen molar-refractivity contribution in [2.75, 3.05) is 13.3 Å². The zero-order chi connectivity index (χ0) is 16.2. The molecule has 1 heterocycles. The number of rotatable bonds is 5. The summed E-state index contributed by atoms with van der Waals surface area (Å²) in [5.74, 6) is 1.62. The summed E-state index contributed by atoms with van der Waals surface area (Å²) in [5.41, 5.74) is 4.64. The van der Waals surface area contributed by atoms with Crippen LogP contribution in [0.5, 0.6) is 11.5 Å². The zero-order valence-corrected chi connectivity index (χ0v) is 13.5. The molecular formula is C19H21NO3. The third-order valence-electron chi connectivity index (χ3n) is 4.11. The molecule has 0 saturated carbocycles. The van der Waals surface area contributed by atoms with Gasteiger partial charge in [-0.2, -0.15) is 0 Å². The minimum atomic E-state index is 0.0500. The molecule has 120 valence electrons.